The van der Waals surface area contributed by atoms with E-state index >= 15 is 4.39 Å². The van der Waals surface area contributed by atoms with Crippen molar-refractivity contribution in [1.29, 1.82) is 0 Å². The van der Waals surface area contributed by atoms with Crippen molar-refractivity contribution in [3.63, 3.8) is 0 Å². The summed E-state index contributed by atoms with van der Waals surface area (Å²) >= 11 is 0. The number of amides is 1. The van der Waals surface area contributed by atoms with Crippen molar-refractivity contribution < 1.29 is 23.4 Å². The topological polar surface area (TPSA) is 116 Å². The molecule has 1 saturated heterocycles. The van der Waals surface area contributed by atoms with E-state index in [0.717, 1.165) is 60.9 Å². The fraction of sp³-hybridized carbons (Fsp3) is 0.333. The van der Waals surface area contributed by atoms with Crippen LogP contribution in [-0.4, -0.2) is 88.5 Å². The molecule has 3 heterocycles. The van der Waals surface area contributed by atoms with Crippen molar-refractivity contribution in [2.24, 2.45) is 7.05 Å². The molecule has 0 unspecified atom stereocenters. The van der Waals surface area contributed by atoms with Crippen LogP contribution in [-0.2, 0) is 7.05 Å². The maximum absolute atomic E-state index is 15.4. The third-order valence-corrected chi connectivity index (χ3v) is 8.70. The molecule has 256 valence electrons. The average molecular weight is 670 g/mol. The van der Waals surface area contributed by atoms with Crippen LogP contribution in [0.15, 0.2) is 65.6 Å². The number of aromatic nitrogens is 4. The number of hydrogen-bond donors (Lipinski definition) is 1. The van der Waals surface area contributed by atoms with Gasteiger partial charge in [0.15, 0.2) is 23.1 Å². The Kier molecular flexibility index (Phi) is 9.92. The van der Waals surface area contributed by atoms with Gasteiger partial charge in [0.2, 0.25) is 5.82 Å². The predicted molar refractivity (Wildman–Crippen MR) is 185 cm³/mol. The summed E-state index contributed by atoms with van der Waals surface area (Å²) < 4.78 is 35.4. The number of nitrogens with zero attached hydrogens (tertiary/aromatic N) is 6. The lowest BCUT2D eigenvalue weighted by Gasteiger charge is -2.32. The molecule has 1 aliphatic rings. The molecular formula is C36H40FN7O5. The molecule has 5 aromatic rings. The van der Waals surface area contributed by atoms with Gasteiger partial charge in [0.05, 0.1) is 24.9 Å². The second-order valence-electron chi connectivity index (χ2n) is 12.2. The van der Waals surface area contributed by atoms with E-state index < -0.39 is 17.4 Å². The summed E-state index contributed by atoms with van der Waals surface area (Å²) in [7, 11) is 5.17. The van der Waals surface area contributed by atoms with E-state index in [4.69, 9.17) is 14.2 Å². The largest absolute Gasteiger partial charge is 0.493 e. The van der Waals surface area contributed by atoms with Gasteiger partial charge >= 0.3 is 5.69 Å². The Labute approximate surface area is 283 Å². The minimum Gasteiger partial charge on any atom is -0.493 e. The first-order valence-electron chi connectivity index (χ1n) is 16.1. The van der Waals surface area contributed by atoms with E-state index in [1.807, 2.05) is 32.0 Å². The summed E-state index contributed by atoms with van der Waals surface area (Å²) in [6.45, 7) is 9.49. The van der Waals surface area contributed by atoms with Gasteiger partial charge in [0.25, 0.3) is 5.91 Å². The normalized spacial score (nSPS) is 13.8. The number of rotatable bonds is 11. The smallest absolute Gasteiger partial charge is 0.350 e. The zero-order valence-electron chi connectivity index (χ0n) is 28.3. The first kappa shape index (κ1) is 33.6. The minimum atomic E-state index is -0.704. The number of piperazine rings is 1. The molecule has 49 heavy (non-hydrogen) atoms. The number of fused-ring (bicyclic) bond motifs is 1. The number of ether oxygens (including phenoxy) is 3. The summed E-state index contributed by atoms with van der Waals surface area (Å²) in [4.78, 5) is 35.4. The minimum absolute atomic E-state index is 0.0552. The van der Waals surface area contributed by atoms with E-state index in [0.29, 0.717) is 40.4 Å². The van der Waals surface area contributed by atoms with Gasteiger partial charge < -0.3 is 29.3 Å². The molecule has 0 atom stereocenters. The fourth-order valence-corrected chi connectivity index (χ4v) is 5.92. The molecule has 2 aromatic heterocycles. The number of carbonyl (C=O) groups excluding carboxylic acids is 1. The lowest BCUT2D eigenvalue weighted by Crippen LogP contribution is -2.44. The Morgan fingerprint density at radius 3 is 2.41 bits per heavy atom. The number of aryl methyl sites for hydroxylation is 2. The lowest BCUT2D eigenvalue weighted by molar-refractivity contribution is 0.101. The molecule has 1 aliphatic heterocycles. The number of anilines is 1. The maximum atomic E-state index is 15.4. The molecule has 1 N–H and O–H groups in total. The van der Waals surface area contributed by atoms with Crippen molar-refractivity contribution in [1.82, 2.24) is 29.1 Å². The number of para-hydroxylation sites is 1. The second-order valence-corrected chi connectivity index (χ2v) is 12.2. The van der Waals surface area contributed by atoms with Crippen molar-refractivity contribution in [3.8, 4) is 28.7 Å². The Bertz CT molecular complexity index is 2030. The van der Waals surface area contributed by atoms with Gasteiger partial charge in [-0.3, -0.25) is 14.3 Å². The highest BCUT2D eigenvalue weighted by Gasteiger charge is 2.21. The molecular weight excluding hydrogens is 629 g/mol. The van der Waals surface area contributed by atoms with Crippen molar-refractivity contribution in [2.75, 3.05) is 58.8 Å². The Hall–Kier alpha value is -5.27. The van der Waals surface area contributed by atoms with E-state index in [-0.39, 0.29) is 17.3 Å². The van der Waals surface area contributed by atoms with Crippen LogP contribution in [0.4, 0.5) is 10.1 Å². The van der Waals surface area contributed by atoms with Crippen LogP contribution in [0.2, 0.25) is 0 Å². The van der Waals surface area contributed by atoms with E-state index in [9.17, 15) is 9.59 Å². The highest BCUT2D eigenvalue weighted by molar-refractivity contribution is 6.01. The van der Waals surface area contributed by atoms with Crippen LogP contribution in [0, 0.1) is 19.7 Å². The number of benzene rings is 3. The summed E-state index contributed by atoms with van der Waals surface area (Å²) in [5.41, 5.74) is 2.58. The molecule has 0 radical (unpaired) electrons. The van der Waals surface area contributed by atoms with E-state index in [1.54, 1.807) is 31.5 Å². The van der Waals surface area contributed by atoms with Crippen LogP contribution < -0.4 is 25.2 Å². The molecule has 12 nitrogen and oxygen atoms in total. The zero-order valence-corrected chi connectivity index (χ0v) is 28.3. The van der Waals surface area contributed by atoms with Gasteiger partial charge in [0.1, 0.15) is 5.75 Å². The van der Waals surface area contributed by atoms with Crippen molar-refractivity contribution >= 4 is 22.5 Å². The number of hydrogen-bond acceptors (Lipinski definition) is 9. The highest BCUT2D eigenvalue weighted by Crippen LogP contribution is 2.38. The maximum Gasteiger partial charge on any atom is 0.350 e. The predicted octanol–water partition coefficient (Wildman–Crippen LogP) is 4.94. The van der Waals surface area contributed by atoms with Crippen LogP contribution in [0.1, 0.15) is 28.2 Å². The molecule has 3 aromatic carbocycles. The Morgan fingerprint density at radius 2 is 1.69 bits per heavy atom. The van der Waals surface area contributed by atoms with Gasteiger partial charge in [0, 0.05) is 69.2 Å². The third kappa shape index (κ3) is 7.27. The number of methoxy groups -OCH3 is 1. The molecule has 1 fully saturated rings. The first-order chi connectivity index (χ1) is 23.6. The average Bonchev–Trinajstić information content (AvgIpc) is 3.38. The summed E-state index contributed by atoms with van der Waals surface area (Å²) in [5, 5.41) is 7.53. The summed E-state index contributed by atoms with van der Waals surface area (Å²) in [6.07, 6.45) is 2.46. The van der Waals surface area contributed by atoms with Crippen LogP contribution in [0.5, 0.6) is 23.0 Å². The molecule has 0 aliphatic carbocycles. The van der Waals surface area contributed by atoms with Crippen LogP contribution >= 0.6 is 0 Å². The molecule has 6 rings (SSSR count). The van der Waals surface area contributed by atoms with Crippen molar-refractivity contribution in [2.45, 2.75) is 20.3 Å². The van der Waals surface area contributed by atoms with E-state index in [2.05, 4.69) is 32.2 Å². The zero-order chi connectivity index (χ0) is 34.7. The molecule has 0 spiro atoms. The van der Waals surface area contributed by atoms with Gasteiger partial charge in [-0.2, -0.15) is 4.68 Å². The number of carbonyl (C=O) groups is 1. The summed E-state index contributed by atoms with van der Waals surface area (Å²) in [6, 6.07) is 14.9. The second kappa shape index (κ2) is 14.5. The SMILES string of the molecule is COc1cc2c(Oc3ccc(NC(=O)c4nn(-c5c(C)cccc5C)c(=O)n4C)cc3F)ccnc2cc1OCCCN1CCN(C)CC1. The number of nitrogens with one attached hydrogen (secondary N) is 1. The molecule has 13 heteroatoms. The highest BCUT2D eigenvalue weighted by atomic mass is 19.1. The summed E-state index contributed by atoms with van der Waals surface area (Å²) in [5.74, 6) is -0.0946. The number of pyridine rings is 1. The van der Waals surface area contributed by atoms with Crippen LogP contribution in [0.3, 0.4) is 0 Å². The van der Waals surface area contributed by atoms with Gasteiger partial charge in [-0.15, -0.1) is 5.10 Å². The number of likely N-dealkylation sites (N-methyl/N-ethyl adjacent to an activating group) is 1. The standard InChI is InChI=1S/C36H40FN7O5/c1-23-8-6-9-24(2)33(23)44-36(46)42(4)34(40-44)35(45)39-25-10-11-30(27(37)20-25)49-29-12-13-38-28-22-32(31(47-5)21-26(28)29)48-19-7-14-43-17-15-41(3)16-18-43/h6,8-13,20-22H,7,14-19H2,1-5H3,(H,39,45). The Morgan fingerprint density at radius 1 is 0.939 bits per heavy atom. The first-order valence-corrected chi connectivity index (χ1v) is 16.1. The molecule has 1 amide bonds. The van der Waals surface area contributed by atoms with Crippen LogP contribution in [0.25, 0.3) is 16.6 Å². The van der Waals surface area contributed by atoms with Crippen molar-refractivity contribution in [3.05, 3.63) is 94.0 Å². The van der Waals surface area contributed by atoms with E-state index in [1.165, 1.54) is 23.9 Å². The fourth-order valence-electron chi connectivity index (χ4n) is 5.92. The van der Waals surface area contributed by atoms with Gasteiger partial charge in [-0.1, -0.05) is 18.2 Å². The quantitative estimate of drug-likeness (QED) is 0.195. The third-order valence-electron chi connectivity index (χ3n) is 8.70. The van der Waals surface area contributed by atoms with Gasteiger partial charge in [-0.05, 0) is 62.7 Å². The lowest BCUT2D eigenvalue weighted by atomic mass is 10.1. The number of halogens is 1. The monoisotopic (exact) mass is 669 g/mol. The Balaban J connectivity index is 1.14. The molecule has 0 saturated carbocycles. The van der Waals surface area contributed by atoms with Gasteiger partial charge in [-0.25, -0.2) is 9.18 Å². The molecule has 0 bridgehead atoms.